The van der Waals surface area contributed by atoms with Gasteiger partial charge in [0.2, 0.25) is 0 Å². The molecule has 4 aliphatic heterocycles. The summed E-state index contributed by atoms with van der Waals surface area (Å²) in [5.74, 6) is 3.48. The number of ether oxygens (including phenoxy) is 9. The Balaban J connectivity index is 0.000000204. The van der Waals surface area contributed by atoms with Crippen molar-refractivity contribution in [2.45, 2.75) is 138 Å². The van der Waals surface area contributed by atoms with Crippen LogP contribution >= 0.6 is 47.8 Å². The molecule has 110 heavy (non-hydrogen) atoms. The van der Waals surface area contributed by atoms with Crippen LogP contribution in [0.3, 0.4) is 0 Å². The number of halogens is 3. The summed E-state index contributed by atoms with van der Waals surface area (Å²) in [6.07, 6.45) is 14.9. The van der Waals surface area contributed by atoms with Crippen LogP contribution in [-0.4, -0.2) is 181 Å². The summed E-state index contributed by atoms with van der Waals surface area (Å²) in [5, 5.41) is 8.69. The molecule has 2 fully saturated rings. The molecule has 0 radical (unpaired) electrons. The van der Waals surface area contributed by atoms with Gasteiger partial charge in [0.15, 0.2) is 0 Å². The maximum atomic E-state index is 12.6. The van der Waals surface area contributed by atoms with Gasteiger partial charge in [-0.15, -0.1) is 0 Å². The molecular weight excluding hydrogens is 1590 g/mol. The minimum absolute atomic E-state index is 0.0222. The number of hydrogen-bond donors (Lipinski definition) is 2. The fourth-order valence-corrected chi connectivity index (χ4v) is 15.0. The number of piperidine rings is 2. The second-order valence-electron chi connectivity index (χ2n) is 27.6. The zero-order chi connectivity index (χ0) is 79.1. The van der Waals surface area contributed by atoms with Gasteiger partial charge in [0.05, 0.1) is 46.2 Å². The number of alkyl halides is 3. The lowest BCUT2D eigenvalue weighted by Gasteiger charge is -2.44. The third kappa shape index (κ3) is 25.0. The highest BCUT2D eigenvalue weighted by molar-refractivity contribution is 9.12. The van der Waals surface area contributed by atoms with Crippen LogP contribution in [0.1, 0.15) is 153 Å². The molecule has 12 rings (SSSR count). The summed E-state index contributed by atoms with van der Waals surface area (Å²) < 4.78 is 56.3. The average Bonchev–Trinajstić information content (AvgIpc) is 1.20. The number of carbonyl (C=O) groups is 5. The first kappa shape index (κ1) is 87.6. The number of rotatable bonds is 31. The molecule has 3 aromatic heterocycles. The largest absolute Gasteiger partial charge is 0.493 e. The number of likely N-dealkylation sites (tertiary alicyclic amines) is 2. The van der Waals surface area contributed by atoms with Crippen molar-refractivity contribution in [2.75, 3.05) is 116 Å². The number of nitrogens with one attached hydrogen (secondary N) is 2. The zero-order valence-corrected chi connectivity index (χ0v) is 70.6. The van der Waals surface area contributed by atoms with E-state index in [-0.39, 0.29) is 53.5 Å². The normalized spacial score (nSPS) is 18.3. The first-order chi connectivity index (χ1) is 53.3. The third-order valence-corrected chi connectivity index (χ3v) is 22.7. The molecule has 0 bridgehead atoms. The Hall–Kier alpha value is -7.97. The summed E-state index contributed by atoms with van der Waals surface area (Å²) in [4.78, 5) is 64.8. The number of methoxy groups -OCH3 is 2. The van der Waals surface area contributed by atoms with Crippen molar-refractivity contribution in [1.82, 2.24) is 34.1 Å². The van der Waals surface area contributed by atoms with E-state index in [2.05, 4.69) is 148 Å². The van der Waals surface area contributed by atoms with Crippen molar-refractivity contribution < 1.29 is 66.6 Å². The van der Waals surface area contributed by atoms with Crippen LogP contribution in [0.25, 0.3) is 0 Å². The van der Waals surface area contributed by atoms with Crippen molar-refractivity contribution in [3.63, 3.8) is 0 Å². The number of allylic oxidation sites excluding steroid dienone is 3. The number of hydrogen-bond acceptors (Lipinski definition) is 16. The van der Waals surface area contributed by atoms with Crippen molar-refractivity contribution in [3.8, 4) is 23.0 Å². The second kappa shape index (κ2) is 45.5. The minimum Gasteiger partial charge on any atom is -0.493 e. The van der Waals surface area contributed by atoms with Crippen molar-refractivity contribution >= 4 is 77.5 Å². The monoisotopic (exact) mass is 1700 g/mol. The summed E-state index contributed by atoms with van der Waals surface area (Å²) in [6, 6.07) is 35.1. The number of benzene rings is 4. The van der Waals surface area contributed by atoms with Gasteiger partial charge in [0.1, 0.15) is 47.6 Å². The van der Waals surface area contributed by atoms with Gasteiger partial charge in [-0.3, -0.25) is 19.4 Å². The molecular formula is C86H112Br3N7O14. The maximum Gasteiger partial charge on any atom is 0.355 e. The lowest BCUT2D eigenvalue weighted by Crippen LogP contribution is -2.49. The van der Waals surface area contributed by atoms with Crippen LogP contribution in [0.5, 0.6) is 23.0 Å². The molecule has 4 aromatic carbocycles. The Morgan fingerprint density at radius 2 is 0.973 bits per heavy atom. The number of fused-ring (bicyclic) bond motifs is 2. The molecule has 0 saturated carbocycles. The summed E-state index contributed by atoms with van der Waals surface area (Å²) >= 11 is 9.75. The third-order valence-electron chi connectivity index (χ3n) is 20.5. The smallest absolute Gasteiger partial charge is 0.355 e. The number of carbonyl (C=O) groups excluding carboxylic acids is 5. The molecule has 0 unspecified atom stereocenters. The number of esters is 3. The Bertz CT molecular complexity index is 4170. The van der Waals surface area contributed by atoms with Gasteiger partial charge in [-0.25, -0.2) is 14.4 Å². The predicted octanol–water partition coefficient (Wildman–Crippen LogP) is 15.4. The SMILES string of the molecule is BrCCBr.CCOC(=O)C1=C(C)C=CC1.CCOC(=O)c1c(C)ccn1CCBr.CCOC(=O)c1c(C)ccn1CCN1CC[C@@H](c2cccc(OCCOC)c2)[C@H](COc2ccc3c(c2)C(=O)NC3)[C@H]1C.COCCOc1cccc([C@@H]2CCN(CCn3ccc(C)c3)[C@H](C)[C@H]2COc2ccc3c(c2)C(=O)NC3)c1. The highest BCUT2D eigenvalue weighted by Crippen LogP contribution is 2.41. The number of aryl methyl sites for hydroxylation is 4. The average molecular weight is 1710 g/mol. The molecule has 2 amide bonds. The number of nitrogens with zero attached hydrogens (tertiary/aromatic N) is 5. The van der Waals surface area contributed by atoms with E-state index in [9.17, 15) is 24.0 Å². The minimum atomic E-state index is -0.279. The molecule has 7 heterocycles. The molecule has 5 aliphatic rings. The highest BCUT2D eigenvalue weighted by Gasteiger charge is 2.39. The second-order valence-corrected chi connectivity index (χ2v) is 30.0. The Kier molecular flexibility index (Phi) is 36.2. The topological polar surface area (TPSA) is 214 Å². The van der Waals surface area contributed by atoms with Crippen LogP contribution < -0.4 is 29.6 Å². The molecule has 1 aliphatic carbocycles. The Morgan fingerprint density at radius 3 is 1.40 bits per heavy atom. The van der Waals surface area contributed by atoms with Crippen LogP contribution in [-0.2, 0) is 61.2 Å². The van der Waals surface area contributed by atoms with Crippen LogP contribution in [0, 0.1) is 32.6 Å². The van der Waals surface area contributed by atoms with E-state index >= 15 is 0 Å². The number of aromatic nitrogens is 3. The van der Waals surface area contributed by atoms with E-state index in [0.29, 0.717) is 114 Å². The van der Waals surface area contributed by atoms with Gasteiger partial charge in [-0.1, -0.05) is 96.3 Å². The fourth-order valence-electron chi connectivity index (χ4n) is 14.6. The van der Waals surface area contributed by atoms with E-state index in [1.165, 1.54) is 16.7 Å². The summed E-state index contributed by atoms with van der Waals surface area (Å²) in [6.45, 7) is 29.8. The first-order valence-electron chi connectivity index (χ1n) is 38.3. The lowest BCUT2D eigenvalue weighted by molar-refractivity contribution is -0.138. The van der Waals surface area contributed by atoms with Gasteiger partial charge in [0, 0.05) is 141 Å². The van der Waals surface area contributed by atoms with E-state index in [4.69, 9.17) is 42.6 Å². The van der Waals surface area contributed by atoms with E-state index in [1.807, 2.05) is 136 Å². The van der Waals surface area contributed by atoms with E-state index < -0.39 is 0 Å². The van der Waals surface area contributed by atoms with Crippen molar-refractivity contribution in [3.05, 3.63) is 213 Å². The van der Waals surface area contributed by atoms with Gasteiger partial charge in [0.25, 0.3) is 11.8 Å². The quantitative estimate of drug-likeness (QED) is 0.0179. The van der Waals surface area contributed by atoms with E-state index in [1.54, 1.807) is 14.2 Å². The van der Waals surface area contributed by atoms with Gasteiger partial charge < -0.3 is 67.0 Å². The zero-order valence-electron chi connectivity index (χ0n) is 65.8. The molecule has 596 valence electrons. The molecule has 0 spiro atoms. The highest BCUT2D eigenvalue weighted by atomic mass is 79.9. The Labute approximate surface area is 675 Å². The van der Waals surface area contributed by atoms with Crippen LogP contribution in [0.2, 0.25) is 0 Å². The fraction of sp³-hybridized carbons (Fsp3) is 0.477. The van der Waals surface area contributed by atoms with Crippen LogP contribution in [0.15, 0.2) is 151 Å². The van der Waals surface area contributed by atoms with Gasteiger partial charge in [-0.05, 0) is 218 Å². The molecule has 2 saturated heterocycles. The van der Waals surface area contributed by atoms with Gasteiger partial charge in [-0.2, -0.15) is 0 Å². The van der Waals surface area contributed by atoms with Crippen molar-refractivity contribution in [1.29, 1.82) is 0 Å². The predicted molar refractivity (Wildman–Crippen MR) is 441 cm³/mol. The molecule has 21 nitrogen and oxygen atoms in total. The van der Waals surface area contributed by atoms with Crippen molar-refractivity contribution in [2.24, 2.45) is 11.8 Å². The molecule has 24 heteroatoms. The summed E-state index contributed by atoms with van der Waals surface area (Å²) in [7, 11) is 3.35. The Morgan fingerprint density at radius 1 is 0.509 bits per heavy atom. The first-order valence-corrected chi connectivity index (χ1v) is 41.6. The lowest BCUT2D eigenvalue weighted by atomic mass is 9.76. The molecule has 2 N–H and O–H groups in total. The number of amides is 2. The van der Waals surface area contributed by atoms with Crippen LogP contribution in [0.4, 0.5) is 0 Å². The standard InChI is InChI=1S/C34H43N3O6.C31H39N3O4.C10H14BrNO2.C9H12O2.C2H4Br2/c1-5-41-34(39)32-23(2)11-13-37(32)16-15-36-14-12-29(25-7-6-8-27(19-25)42-18-17-40-4)31(24(36)3)22-43-28-10-9-26-21-35-33(38)30(26)20-28;1-22-9-11-33(20-22)13-14-34-12-10-28(24-5-4-6-26(17-24)37-16-15-36-3)30(23(34)2)21-38-27-8-7-25-19-32-31(35)29(25)18-27;1-3-14-10(13)9-8(2)4-6-12(9)7-5-11;1-3-11-9(10)8-6-4-5-7(8)2;3-1-2-4/h6-11,13,19-20,24,29,31H,5,12,14-18,21-22H2,1-4H3,(H,35,38);4-9,11,17-18,20,23,28,30H,10,12-16,19,21H2,1-3H3,(H,32,35);4,6H,3,5,7H2,1-2H3;4-5H,3,6H2,1-2H3;1-2H2/t24-,29+,31-;23-,28+,30-;;;/m11.../s1. The maximum absolute atomic E-state index is 12.6. The molecule has 7 aromatic rings. The summed E-state index contributed by atoms with van der Waals surface area (Å²) in [5.41, 5.74) is 12.2. The molecule has 6 atom stereocenters. The van der Waals surface area contributed by atoms with Gasteiger partial charge >= 0.3 is 17.9 Å². The van der Waals surface area contributed by atoms with E-state index in [0.717, 1.165) is 131 Å².